The minimum atomic E-state index is -4.85. The summed E-state index contributed by atoms with van der Waals surface area (Å²) in [6.45, 7) is -0.0646. The Labute approximate surface area is 113 Å². The van der Waals surface area contributed by atoms with Crippen molar-refractivity contribution in [2.45, 2.75) is 19.3 Å². The average Bonchev–Trinajstić information content (AvgIpc) is 2.19. The number of pyridine rings is 1. The van der Waals surface area contributed by atoms with Gasteiger partial charge in [0.15, 0.2) is 5.75 Å². The first-order valence-electron chi connectivity index (χ1n) is 4.59. The number of aromatic nitrogens is 1. The van der Waals surface area contributed by atoms with Gasteiger partial charge in [0.25, 0.3) is 0 Å². The van der Waals surface area contributed by atoms with Crippen LogP contribution in [0.25, 0.3) is 0 Å². The van der Waals surface area contributed by atoms with Crippen LogP contribution in [0.5, 0.6) is 5.75 Å². The molecule has 18 heavy (non-hydrogen) atoms. The number of hydrogen-bond acceptors (Lipinski definition) is 4. The molecule has 0 fully saturated rings. The summed E-state index contributed by atoms with van der Waals surface area (Å²) in [6.07, 6.45) is -5.32. The molecule has 0 atom stereocenters. The summed E-state index contributed by atoms with van der Waals surface area (Å²) in [4.78, 5) is 14.4. The molecule has 1 rings (SSSR count). The molecule has 0 bridgehead atoms. The lowest BCUT2D eigenvalue weighted by Gasteiger charge is -2.13. The van der Waals surface area contributed by atoms with E-state index < -0.39 is 24.5 Å². The number of carboxylic acids is 1. The van der Waals surface area contributed by atoms with Crippen LogP contribution in [0, 0.1) is 3.70 Å². The van der Waals surface area contributed by atoms with Crippen LogP contribution >= 0.6 is 22.6 Å². The molecule has 0 aromatic carbocycles. The Morgan fingerprint density at radius 3 is 2.61 bits per heavy atom. The normalized spacial score (nSPS) is 11.4. The fourth-order valence-corrected chi connectivity index (χ4v) is 1.79. The molecule has 1 aromatic rings. The highest BCUT2D eigenvalue weighted by molar-refractivity contribution is 14.1. The molecule has 0 amide bonds. The van der Waals surface area contributed by atoms with E-state index in [1.807, 2.05) is 0 Å². The quantitative estimate of drug-likeness (QED) is 0.617. The molecule has 3 N–H and O–H groups in total. The van der Waals surface area contributed by atoms with Crippen LogP contribution in [0.15, 0.2) is 6.07 Å². The zero-order valence-electron chi connectivity index (χ0n) is 8.79. The fraction of sp³-hybridized carbons (Fsp3) is 0.333. The van der Waals surface area contributed by atoms with Crippen LogP contribution in [0.4, 0.5) is 13.2 Å². The largest absolute Gasteiger partial charge is 0.573 e. The first kappa shape index (κ1) is 15.0. The van der Waals surface area contributed by atoms with Crippen LogP contribution in [0.3, 0.4) is 0 Å². The number of halogens is 4. The van der Waals surface area contributed by atoms with Crippen molar-refractivity contribution in [2.75, 3.05) is 0 Å². The molecule has 0 spiro atoms. The number of nitrogens with two attached hydrogens (primary N) is 1. The Morgan fingerprint density at radius 2 is 2.17 bits per heavy atom. The minimum Gasteiger partial charge on any atom is -0.481 e. The monoisotopic (exact) mass is 376 g/mol. The van der Waals surface area contributed by atoms with Crippen molar-refractivity contribution < 1.29 is 27.8 Å². The lowest BCUT2D eigenvalue weighted by atomic mass is 10.1. The third kappa shape index (κ3) is 4.29. The Kier molecular flexibility index (Phi) is 4.73. The molecule has 0 saturated heterocycles. The summed E-state index contributed by atoms with van der Waals surface area (Å²) in [5.74, 6) is -1.72. The Balaban J connectivity index is 3.16. The molecule has 0 unspecified atom stereocenters. The van der Waals surface area contributed by atoms with Gasteiger partial charge >= 0.3 is 12.3 Å². The summed E-state index contributed by atoms with van der Waals surface area (Å²) < 4.78 is 40.0. The number of carboxylic acid groups (broad SMARTS) is 1. The van der Waals surface area contributed by atoms with E-state index in [9.17, 15) is 18.0 Å². The van der Waals surface area contributed by atoms with Gasteiger partial charge < -0.3 is 15.6 Å². The first-order valence-corrected chi connectivity index (χ1v) is 5.66. The zero-order chi connectivity index (χ0) is 13.9. The van der Waals surface area contributed by atoms with Crippen molar-refractivity contribution in [2.24, 2.45) is 5.73 Å². The second-order valence-electron chi connectivity index (χ2n) is 3.21. The van der Waals surface area contributed by atoms with Gasteiger partial charge in [0.2, 0.25) is 0 Å². The van der Waals surface area contributed by atoms with Gasteiger partial charge in [-0.05, 0) is 34.2 Å². The summed E-state index contributed by atoms with van der Waals surface area (Å²) in [6, 6.07) is 0.999. The van der Waals surface area contributed by atoms with Crippen molar-refractivity contribution in [3.8, 4) is 5.75 Å². The van der Waals surface area contributed by atoms with Gasteiger partial charge in [-0.15, -0.1) is 13.2 Å². The van der Waals surface area contributed by atoms with Crippen LogP contribution < -0.4 is 10.5 Å². The highest BCUT2D eigenvalue weighted by Gasteiger charge is 2.32. The maximum Gasteiger partial charge on any atom is 0.573 e. The second kappa shape index (κ2) is 5.69. The summed E-state index contributed by atoms with van der Waals surface area (Å²) in [5, 5.41) is 8.65. The average molecular weight is 376 g/mol. The van der Waals surface area contributed by atoms with Crippen LogP contribution in [0.2, 0.25) is 0 Å². The Bertz CT molecular complexity index is 465. The van der Waals surface area contributed by atoms with Gasteiger partial charge in [-0.25, -0.2) is 4.98 Å². The molecular formula is C9H8F3IN2O3. The van der Waals surface area contributed by atoms with E-state index in [4.69, 9.17) is 10.8 Å². The van der Waals surface area contributed by atoms with E-state index in [1.165, 1.54) is 0 Å². The smallest absolute Gasteiger partial charge is 0.481 e. The number of hydrogen-bond donors (Lipinski definition) is 2. The topological polar surface area (TPSA) is 85.4 Å². The lowest BCUT2D eigenvalue weighted by molar-refractivity contribution is -0.275. The van der Waals surface area contributed by atoms with Crippen LogP contribution in [-0.4, -0.2) is 22.4 Å². The third-order valence-electron chi connectivity index (χ3n) is 1.87. The predicted octanol–water partition coefficient (Wildman–Crippen LogP) is 1.67. The van der Waals surface area contributed by atoms with Gasteiger partial charge in [-0.3, -0.25) is 4.79 Å². The Hall–Kier alpha value is -1.10. The number of nitrogens with zero attached hydrogens (tertiary/aromatic N) is 1. The first-order chi connectivity index (χ1) is 8.23. The highest BCUT2D eigenvalue weighted by atomic mass is 127. The van der Waals surface area contributed by atoms with Gasteiger partial charge in [0.05, 0.1) is 12.1 Å². The molecule has 0 aliphatic rings. The maximum atomic E-state index is 12.1. The van der Waals surface area contributed by atoms with Gasteiger partial charge in [0.1, 0.15) is 3.70 Å². The Morgan fingerprint density at radius 1 is 1.56 bits per heavy atom. The number of aliphatic carboxylic acids is 1. The number of carbonyl (C=O) groups is 1. The molecular weight excluding hydrogens is 368 g/mol. The predicted molar refractivity (Wildman–Crippen MR) is 62.9 cm³/mol. The minimum absolute atomic E-state index is 0.0282. The van der Waals surface area contributed by atoms with Gasteiger partial charge in [-0.1, -0.05) is 0 Å². The van der Waals surface area contributed by atoms with Crippen LogP contribution in [-0.2, 0) is 17.8 Å². The standard InChI is InChI=1S/C9H8F3IN2O3/c10-9(11,12)18-6-1-4(2-7(16)17)5(3-14)15-8(6)13/h1H,2-3,14H2,(H,16,17). The molecule has 0 saturated carbocycles. The van der Waals surface area contributed by atoms with E-state index in [-0.39, 0.29) is 21.5 Å². The molecule has 1 heterocycles. The van der Waals surface area contributed by atoms with Gasteiger partial charge in [-0.2, -0.15) is 0 Å². The fourth-order valence-electron chi connectivity index (χ4n) is 1.24. The van der Waals surface area contributed by atoms with E-state index in [2.05, 4.69) is 9.72 Å². The molecule has 9 heteroatoms. The van der Waals surface area contributed by atoms with E-state index in [1.54, 1.807) is 22.6 Å². The van der Waals surface area contributed by atoms with Crippen LogP contribution in [0.1, 0.15) is 11.3 Å². The summed E-state index contributed by atoms with van der Waals surface area (Å²) >= 11 is 1.56. The molecule has 100 valence electrons. The third-order valence-corrected chi connectivity index (χ3v) is 2.65. The molecule has 1 aromatic heterocycles. The molecule has 0 aliphatic carbocycles. The highest BCUT2D eigenvalue weighted by Crippen LogP contribution is 2.28. The molecule has 0 aliphatic heterocycles. The number of ether oxygens (including phenoxy) is 1. The van der Waals surface area contributed by atoms with E-state index in [0.29, 0.717) is 0 Å². The van der Waals surface area contributed by atoms with Crippen molar-refractivity contribution >= 4 is 28.6 Å². The molecule has 0 radical (unpaired) electrons. The van der Waals surface area contributed by atoms with Crippen molar-refractivity contribution in [3.63, 3.8) is 0 Å². The summed E-state index contributed by atoms with van der Waals surface area (Å²) in [5.41, 5.74) is 5.69. The van der Waals surface area contributed by atoms with E-state index in [0.717, 1.165) is 6.07 Å². The zero-order valence-corrected chi connectivity index (χ0v) is 10.9. The number of rotatable bonds is 4. The maximum absolute atomic E-state index is 12.1. The van der Waals surface area contributed by atoms with Crippen molar-refractivity contribution in [1.82, 2.24) is 4.98 Å². The van der Waals surface area contributed by atoms with Crippen molar-refractivity contribution in [1.29, 1.82) is 0 Å². The van der Waals surface area contributed by atoms with Crippen molar-refractivity contribution in [3.05, 3.63) is 21.0 Å². The number of alkyl halides is 3. The lowest BCUT2D eigenvalue weighted by Crippen LogP contribution is -2.19. The van der Waals surface area contributed by atoms with E-state index >= 15 is 0 Å². The SMILES string of the molecule is NCc1nc(I)c(OC(F)(F)F)cc1CC(=O)O. The second-order valence-corrected chi connectivity index (χ2v) is 4.23. The molecule has 5 nitrogen and oxygen atoms in total. The summed E-state index contributed by atoms with van der Waals surface area (Å²) in [7, 11) is 0. The van der Waals surface area contributed by atoms with Gasteiger partial charge in [0, 0.05) is 6.54 Å².